The maximum Gasteiger partial charge on any atom is 0.270 e. The Morgan fingerprint density at radius 1 is 1.22 bits per heavy atom. The Balaban J connectivity index is 2.06. The molecule has 0 unspecified atom stereocenters. The fourth-order valence-electron chi connectivity index (χ4n) is 2.89. The summed E-state index contributed by atoms with van der Waals surface area (Å²) in [4.78, 5) is 27.0. The molecular weight excluding hydrogens is 539 g/mol. The molecule has 1 aliphatic heterocycles. The number of amides is 2. The monoisotopic (exact) mass is 554 g/mol. The van der Waals surface area contributed by atoms with Gasteiger partial charge in [0.1, 0.15) is 12.2 Å². The standard InChI is InChI=1S/C22H17BrCl2N2O4S/c1-3-8-31-18-11-14(23)12(10-17(18)30-4-2)9-13-20(28)26-22(32)27(21(13)29)16-7-5-6-15(24)19(16)25/h3,5-7,9-11H,1,4,8H2,2H3,(H,26,28,32)/b13-9+. The van der Waals surface area contributed by atoms with Gasteiger partial charge in [-0.05, 0) is 55.0 Å². The Morgan fingerprint density at radius 3 is 2.62 bits per heavy atom. The minimum Gasteiger partial charge on any atom is -0.490 e. The van der Waals surface area contributed by atoms with Gasteiger partial charge in [-0.3, -0.25) is 19.8 Å². The molecule has 0 saturated carbocycles. The lowest BCUT2D eigenvalue weighted by molar-refractivity contribution is -0.122. The summed E-state index contributed by atoms with van der Waals surface area (Å²) in [5, 5.41) is 2.82. The number of benzene rings is 2. The molecule has 3 rings (SSSR count). The molecule has 1 saturated heterocycles. The van der Waals surface area contributed by atoms with Crippen LogP contribution in [0.2, 0.25) is 10.0 Å². The Labute approximate surface area is 208 Å². The van der Waals surface area contributed by atoms with Crippen LogP contribution >= 0.6 is 51.3 Å². The summed E-state index contributed by atoms with van der Waals surface area (Å²) < 4.78 is 11.9. The van der Waals surface area contributed by atoms with E-state index in [1.807, 2.05) is 6.92 Å². The first-order valence-corrected chi connectivity index (χ1v) is 11.3. The molecule has 0 radical (unpaired) electrons. The summed E-state index contributed by atoms with van der Waals surface area (Å²) in [6.07, 6.45) is 3.05. The van der Waals surface area contributed by atoms with Crippen LogP contribution in [0.1, 0.15) is 12.5 Å². The fraction of sp³-hybridized carbons (Fsp3) is 0.136. The van der Waals surface area contributed by atoms with Crippen LogP contribution in [0.5, 0.6) is 11.5 Å². The summed E-state index contributed by atoms with van der Waals surface area (Å²) in [5.74, 6) is -0.321. The van der Waals surface area contributed by atoms with Crippen LogP contribution in [-0.2, 0) is 9.59 Å². The first-order chi connectivity index (χ1) is 15.3. The van der Waals surface area contributed by atoms with Crippen LogP contribution in [0.4, 0.5) is 5.69 Å². The minimum absolute atomic E-state index is 0.0939. The number of nitrogens with zero attached hydrogens (tertiary/aromatic N) is 1. The Morgan fingerprint density at radius 2 is 1.94 bits per heavy atom. The Hall–Kier alpha value is -2.39. The SMILES string of the molecule is C=CCOc1cc(Br)c(/C=C2\C(=O)NC(=S)N(c3cccc(Cl)c3Cl)C2=O)cc1OCC. The van der Waals surface area contributed by atoms with Crippen LogP contribution in [0.15, 0.2) is 53.0 Å². The molecule has 2 aromatic carbocycles. The van der Waals surface area contributed by atoms with Gasteiger partial charge in [0.2, 0.25) is 0 Å². The van der Waals surface area contributed by atoms with E-state index in [0.29, 0.717) is 34.7 Å². The predicted octanol–water partition coefficient (Wildman–Crippen LogP) is 5.55. The van der Waals surface area contributed by atoms with Crippen molar-refractivity contribution in [3.05, 3.63) is 68.6 Å². The maximum atomic E-state index is 13.3. The van der Waals surface area contributed by atoms with Gasteiger partial charge in [0, 0.05) is 4.47 Å². The van der Waals surface area contributed by atoms with E-state index >= 15 is 0 Å². The molecule has 1 aliphatic rings. The van der Waals surface area contributed by atoms with Gasteiger partial charge in [-0.2, -0.15) is 0 Å². The van der Waals surface area contributed by atoms with Crippen LogP contribution < -0.4 is 19.7 Å². The highest BCUT2D eigenvalue weighted by atomic mass is 79.9. The van der Waals surface area contributed by atoms with Crippen molar-refractivity contribution in [2.45, 2.75) is 6.92 Å². The maximum absolute atomic E-state index is 13.3. The van der Waals surface area contributed by atoms with E-state index in [9.17, 15) is 9.59 Å². The van der Waals surface area contributed by atoms with Gasteiger partial charge < -0.3 is 9.47 Å². The highest BCUT2D eigenvalue weighted by Gasteiger charge is 2.36. The van der Waals surface area contributed by atoms with Gasteiger partial charge in [-0.15, -0.1) is 0 Å². The third kappa shape index (κ3) is 4.99. The third-order valence-corrected chi connectivity index (χ3v) is 6.07. The first-order valence-electron chi connectivity index (χ1n) is 9.34. The zero-order valence-electron chi connectivity index (χ0n) is 16.8. The second kappa shape index (κ2) is 10.5. The normalized spacial score (nSPS) is 15.1. The van der Waals surface area contributed by atoms with Gasteiger partial charge in [0.25, 0.3) is 11.8 Å². The summed E-state index contributed by atoms with van der Waals surface area (Å²) in [6.45, 7) is 6.16. The lowest BCUT2D eigenvalue weighted by atomic mass is 10.1. The van der Waals surface area contributed by atoms with Gasteiger partial charge >= 0.3 is 0 Å². The third-order valence-electron chi connectivity index (χ3n) is 4.29. The molecule has 2 aromatic rings. The largest absolute Gasteiger partial charge is 0.490 e. The number of hydrogen-bond acceptors (Lipinski definition) is 5. The number of rotatable bonds is 7. The summed E-state index contributed by atoms with van der Waals surface area (Å²) >= 11 is 21.0. The van der Waals surface area contributed by atoms with E-state index in [1.54, 1.807) is 36.4 Å². The van der Waals surface area contributed by atoms with E-state index in [2.05, 4.69) is 27.8 Å². The number of halogens is 3. The highest BCUT2D eigenvalue weighted by Crippen LogP contribution is 2.37. The smallest absolute Gasteiger partial charge is 0.270 e. The van der Waals surface area contributed by atoms with Crippen molar-refractivity contribution in [2.75, 3.05) is 18.1 Å². The molecule has 0 bridgehead atoms. The molecule has 1 fully saturated rings. The average molecular weight is 556 g/mol. The van der Waals surface area contributed by atoms with E-state index in [4.69, 9.17) is 44.9 Å². The zero-order chi connectivity index (χ0) is 23.4. The van der Waals surface area contributed by atoms with Crippen molar-refractivity contribution in [3.63, 3.8) is 0 Å². The molecule has 10 heteroatoms. The van der Waals surface area contributed by atoms with E-state index in [1.165, 1.54) is 6.08 Å². The second-order valence-corrected chi connectivity index (χ2v) is 8.41. The lowest BCUT2D eigenvalue weighted by Crippen LogP contribution is -2.54. The van der Waals surface area contributed by atoms with Crippen molar-refractivity contribution in [3.8, 4) is 11.5 Å². The molecule has 0 atom stereocenters. The Bertz CT molecular complexity index is 1150. The summed E-state index contributed by atoms with van der Waals surface area (Å²) in [7, 11) is 0. The van der Waals surface area contributed by atoms with Crippen molar-refractivity contribution >= 4 is 80.0 Å². The fourth-order valence-corrected chi connectivity index (χ4v) is 3.98. The molecule has 2 amide bonds. The van der Waals surface area contributed by atoms with E-state index in [-0.39, 0.29) is 26.4 Å². The molecule has 1 N–H and O–H groups in total. The molecule has 0 aliphatic carbocycles. The van der Waals surface area contributed by atoms with Gasteiger partial charge in [0.15, 0.2) is 16.6 Å². The van der Waals surface area contributed by atoms with Crippen LogP contribution in [0.25, 0.3) is 6.08 Å². The van der Waals surface area contributed by atoms with E-state index in [0.717, 1.165) is 4.90 Å². The average Bonchev–Trinajstić information content (AvgIpc) is 2.74. The van der Waals surface area contributed by atoms with E-state index < -0.39 is 11.8 Å². The first kappa shape index (κ1) is 24.3. The van der Waals surface area contributed by atoms with Gasteiger partial charge in [-0.25, -0.2) is 0 Å². The van der Waals surface area contributed by atoms with Crippen molar-refractivity contribution in [1.29, 1.82) is 0 Å². The zero-order valence-corrected chi connectivity index (χ0v) is 20.7. The molecule has 0 aromatic heterocycles. The molecular formula is C22H17BrCl2N2O4S. The number of thiocarbonyl (C=S) groups is 1. The molecule has 32 heavy (non-hydrogen) atoms. The summed E-state index contributed by atoms with van der Waals surface area (Å²) in [6, 6.07) is 8.17. The van der Waals surface area contributed by atoms with Crippen LogP contribution in [-0.4, -0.2) is 30.1 Å². The molecule has 166 valence electrons. The molecule has 6 nitrogen and oxygen atoms in total. The van der Waals surface area contributed by atoms with Crippen LogP contribution in [0, 0.1) is 0 Å². The number of carbonyl (C=O) groups excluding carboxylic acids is 2. The van der Waals surface area contributed by atoms with Gasteiger partial charge in [0.05, 0.1) is 22.3 Å². The highest BCUT2D eigenvalue weighted by molar-refractivity contribution is 9.10. The number of carbonyl (C=O) groups is 2. The number of nitrogens with one attached hydrogen (secondary N) is 1. The van der Waals surface area contributed by atoms with Crippen molar-refractivity contribution in [1.82, 2.24) is 5.32 Å². The quantitative estimate of drug-likeness (QED) is 0.210. The predicted molar refractivity (Wildman–Crippen MR) is 134 cm³/mol. The van der Waals surface area contributed by atoms with Crippen LogP contribution in [0.3, 0.4) is 0 Å². The number of ether oxygens (including phenoxy) is 2. The summed E-state index contributed by atoms with van der Waals surface area (Å²) in [5.41, 5.74) is 0.655. The van der Waals surface area contributed by atoms with Crippen molar-refractivity contribution < 1.29 is 19.1 Å². The minimum atomic E-state index is -0.639. The van der Waals surface area contributed by atoms with Crippen molar-refractivity contribution in [2.24, 2.45) is 0 Å². The van der Waals surface area contributed by atoms with Gasteiger partial charge in [-0.1, -0.05) is 57.9 Å². The molecule has 1 heterocycles. The second-order valence-electron chi connectivity index (χ2n) is 6.38. The Kier molecular flexibility index (Phi) is 7.95. The topological polar surface area (TPSA) is 67.9 Å². The number of hydrogen-bond donors (Lipinski definition) is 1. The number of anilines is 1. The lowest BCUT2D eigenvalue weighted by Gasteiger charge is -2.29. The molecule has 0 spiro atoms.